The zero-order valence-electron chi connectivity index (χ0n) is 16.7. The number of rotatable bonds is 5. The van der Waals surface area contributed by atoms with Crippen LogP contribution in [0.4, 0.5) is 11.4 Å². The quantitative estimate of drug-likeness (QED) is 0.423. The lowest BCUT2D eigenvalue weighted by atomic mass is 9.78. The van der Waals surface area contributed by atoms with Gasteiger partial charge in [0.2, 0.25) is 5.91 Å². The molecule has 0 spiro atoms. The number of esters is 1. The molecular formula is C23H24N2O5. The van der Waals surface area contributed by atoms with Crippen molar-refractivity contribution < 1.29 is 19.2 Å². The van der Waals surface area contributed by atoms with Crippen molar-refractivity contribution in [3.63, 3.8) is 0 Å². The Morgan fingerprint density at radius 3 is 2.63 bits per heavy atom. The van der Waals surface area contributed by atoms with Crippen LogP contribution in [0.2, 0.25) is 0 Å². The normalized spacial score (nSPS) is 20.5. The Morgan fingerprint density at radius 2 is 1.83 bits per heavy atom. The molecule has 0 aromatic heterocycles. The standard InChI is InChI=1S/C23H24N2O5/c26-22(24-13-12-17-7-1-4-11-21(17)24)19-9-2-3-10-20(19)23(27)30-15-16-6-5-8-18(14-16)25(28)29/h1,4-8,11,14,19-20H,2-3,9-10,12-13,15H2. The molecule has 0 bridgehead atoms. The summed E-state index contributed by atoms with van der Waals surface area (Å²) in [7, 11) is 0. The van der Waals surface area contributed by atoms with Crippen molar-refractivity contribution in [2.45, 2.75) is 38.7 Å². The number of nitrogens with zero attached hydrogens (tertiary/aromatic N) is 2. The molecule has 1 aliphatic heterocycles. The van der Waals surface area contributed by atoms with Gasteiger partial charge < -0.3 is 9.64 Å². The average molecular weight is 408 g/mol. The van der Waals surface area contributed by atoms with Crippen LogP contribution in [0.3, 0.4) is 0 Å². The first-order valence-corrected chi connectivity index (χ1v) is 10.3. The highest BCUT2D eigenvalue weighted by molar-refractivity contribution is 5.99. The van der Waals surface area contributed by atoms with Gasteiger partial charge in [-0.25, -0.2) is 0 Å². The Hall–Kier alpha value is -3.22. The van der Waals surface area contributed by atoms with Gasteiger partial charge in [-0.05, 0) is 36.5 Å². The molecule has 1 saturated carbocycles. The van der Waals surface area contributed by atoms with E-state index in [0.717, 1.165) is 30.5 Å². The van der Waals surface area contributed by atoms with Gasteiger partial charge in [0, 0.05) is 24.4 Å². The van der Waals surface area contributed by atoms with E-state index in [4.69, 9.17) is 4.74 Å². The van der Waals surface area contributed by atoms with Crippen molar-refractivity contribution in [3.8, 4) is 0 Å². The molecule has 1 heterocycles. The maximum absolute atomic E-state index is 13.3. The maximum Gasteiger partial charge on any atom is 0.310 e. The largest absolute Gasteiger partial charge is 0.461 e. The summed E-state index contributed by atoms with van der Waals surface area (Å²) in [6, 6.07) is 13.9. The lowest BCUT2D eigenvalue weighted by Crippen LogP contribution is -2.42. The summed E-state index contributed by atoms with van der Waals surface area (Å²) >= 11 is 0. The summed E-state index contributed by atoms with van der Waals surface area (Å²) in [5.74, 6) is -1.26. The molecule has 1 amide bonds. The topological polar surface area (TPSA) is 89.7 Å². The highest BCUT2D eigenvalue weighted by atomic mass is 16.6. The van der Waals surface area contributed by atoms with Crippen molar-refractivity contribution in [1.29, 1.82) is 0 Å². The van der Waals surface area contributed by atoms with E-state index in [1.165, 1.54) is 12.1 Å². The number of carbonyl (C=O) groups excluding carboxylic acids is 2. The fourth-order valence-corrected chi connectivity index (χ4v) is 4.50. The lowest BCUT2D eigenvalue weighted by Gasteiger charge is -2.32. The van der Waals surface area contributed by atoms with Crippen LogP contribution in [0.5, 0.6) is 0 Å². The van der Waals surface area contributed by atoms with Gasteiger partial charge >= 0.3 is 5.97 Å². The molecule has 2 aromatic carbocycles. The number of fused-ring (bicyclic) bond motifs is 1. The smallest absolute Gasteiger partial charge is 0.310 e. The number of hydrogen-bond donors (Lipinski definition) is 0. The minimum Gasteiger partial charge on any atom is -0.461 e. The number of ether oxygens (including phenoxy) is 1. The molecule has 1 fully saturated rings. The molecule has 2 aliphatic rings. The van der Waals surface area contributed by atoms with Crippen LogP contribution in [0.25, 0.3) is 0 Å². The van der Waals surface area contributed by atoms with E-state index in [0.29, 0.717) is 24.9 Å². The number of hydrogen-bond acceptors (Lipinski definition) is 5. The van der Waals surface area contributed by atoms with Gasteiger partial charge in [-0.15, -0.1) is 0 Å². The van der Waals surface area contributed by atoms with Gasteiger partial charge in [0.25, 0.3) is 5.69 Å². The molecule has 7 nitrogen and oxygen atoms in total. The lowest BCUT2D eigenvalue weighted by molar-refractivity contribution is -0.384. The van der Waals surface area contributed by atoms with E-state index in [1.54, 1.807) is 12.1 Å². The summed E-state index contributed by atoms with van der Waals surface area (Å²) in [6.45, 7) is 0.606. The highest BCUT2D eigenvalue weighted by Gasteiger charge is 2.40. The Kier molecular flexibility index (Phi) is 5.79. The van der Waals surface area contributed by atoms with Gasteiger partial charge in [-0.3, -0.25) is 19.7 Å². The van der Waals surface area contributed by atoms with Crippen molar-refractivity contribution in [2.75, 3.05) is 11.4 Å². The number of anilines is 1. The molecule has 0 radical (unpaired) electrons. The number of para-hydroxylation sites is 1. The monoisotopic (exact) mass is 408 g/mol. The first-order chi connectivity index (χ1) is 14.5. The third-order valence-corrected chi connectivity index (χ3v) is 6.04. The van der Waals surface area contributed by atoms with Crippen LogP contribution in [-0.4, -0.2) is 23.3 Å². The van der Waals surface area contributed by atoms with E-state index < -0.39 is 16.8 Å². The fourth-order valence-electron chi connectivity index (χ4n) is 4.50. The molecule has 4 rings (SSSR count). The number of benzene rings is 2. The van der Waals surface area contributed by atoms with Crippen molar-refractivity contribution in [1.82, 2.24) is 0 Å². The number of carbonyl (C=O) groups is 2. The van der Waals surface area contributed by atoms with Crippen molar-refractivity contribution >= 4 is 23.3 Å². The predicted octanol–water partition coefficient (Wildman–Crippen LogP) is 4.03. The number of nitro benzene ring substituents is 1. The summed E-state index contributed by atoms with van der Waals surface area (Å²) in [4.78, 5) is 38.4. The van der Waals surface area contributed by atoms with E-state index >= 15 is 0 Å². The second kappa shape index (κ2) is 8.65. The summed E-state index contributed by atoms with van der Waals surface area (Å²) in [5, 5.41) is 10.9. The second-order valence-corrected chi connectivity index (χ2v) is 7.90. The highest BCUT2D eigenvalue weighted by Crippen LogP contribution is 2.36. The summed E-state index contributed by atoms with van der Waals surface area (Å²) < 4.78 is 5.48. The van der Waals surface area contributed by atoms with Crippen LogP contribution >= 0.6 is 0 Å². The molecule has 7 heteroatoms. The zero-order valence-corrected chi connectivity index (χ0v) is 16.7. The fraction of sp³-hybridized carbons (Fsp3) is 0.391. The SMILES string of the molecule is O=C(OCc1cccc([N+](=O)[O-])c1)C1CCCCC1C(=O)N1CCc2ccccc21. The third kappa shape index (κ3) is 4.06. The summed E-state index contributed by atoms with van der Waals surface area (Å²) in [5.41, 5.74) is 2.62. The maximum atomic E-state index is 13.3. The minimum atomic E-state index is -0.477. The first-order valence-electron chi connectivity index (χ1n) is 10.3. The van der Waals surface area contributed by atoms with Crippen LogP contribution in [0.15, 0.2) is 48.5 Å². The third-order valence-electron chi connectivity index (χ3n) is 6.04. The van der Waals surface area contributed by atoms with E-state index in [9.17, 15) is 19.7 Å². The van der Waals surface area contributed by atoms with Gasteiger partial charge in [0.15, 0.2) is 0 Å². The van der Waals surface area contributed by atoms with Gasteiger partial charge in [-0.2, -0.15) is 0 Å². The Bertz CT molecular complexity index is 974. The van der Waals surface area contributed by atoms with E-state index in [1.807, 2.05) is 29.2 Å². The minimum absolute atomic E-state index is 0.00283. The van der Waals surface area contributed by atoms with Crippen molar-refractivity contribution in [2.24, 2.45) is 11.8 Å². The van der Waals surface area contributed by atoms with Gasteiger partial charge in [-0.1, -0.05) is 43.2 Å². The van der Waals surface area contributed by atoms with Gasteiger partial charge in [0.05, 0.1) is 16.8 Å². The van der Waals surface area contributed by atoms with Crippen LogP contribution in [0.1, 0.15) is 36.8 Å². The molecule has 1 aliphatic carbocycles. The predicted molar refractivity (Wildman–Crippen MR) is 111 cm³/mol. The van der Waals surface area contributed by atoms with Crippen LogP contribution in [0, 0.1) is 22.0 Å². The number of amides is 1. The molecular weight excluding hydrogens is 384 g/mol. The second-order valence-electron chi connectivity index (χ2n) is 7.90. The number of nitro groups is 1. The molecule has 2 atom stereocenters. The van der Waals surface area contributed by atoms with Crippen LogP contribution in [-0.2, 0) is 27.4 Å². The molecule has 2 unspecified atom stereocenters. The molecule has 2 aromatic rings. The van der Waals surface area contributed by atoms with Gasteiger partial charge in [0.1, 0.15) is 6.61 Å². The molecule has 0 N–H and O–H groups in total. The summed E-state index contributed by atoms with van der Waals surface area (Å²) in [6.07, 6.45) is 3.93. The van der Waals surface area contributed by atoms with Crippen molar-refractivity contribution in [3.05, 3.63) is 69.8 Å². The molecule has 156 valence electrons. The zero-order chi connectivity index (χ0) is 21.1. The average Bonchev–Trinajstić information content (AvgIpc) is 3.21. The molecule has 0 saturated heterocycles. The Morgan fingerprint density at radius 1 is 1.07 bits per heavy atom. The first kappa shape index (κ1) is 20.1. The van der Waals surface area contributed by atoms with E-state index in [2.05, 4.69) is 0 Å². The Balaban J connectivity index is 1.44. The molecule has 30 heavy (non-hydrogen) atoms. The van der Waals surface area contributed by atoms with E-state index in [-0.39, 0.29) is 24.1 Å². The number of non-ortho nitro benzene ring substituents is 1. The Labute approximate surface area is 174 Å². The van der Waals surface area contributed by atoms with Crippen LogP contribution < -0.4 is 4.90 Å².